The number of rotatable bonds is 1. The van der Waals surface area contributed by atoms with Crippen LogP contribution < -0.4 is 0 Å². The maximum absolute atomic E-state index is 12.8. The molecule has 1 heterocycles. The molecule has 0 aromatic heterocycles. The predicted octanol–water partition coefficient (Wildman–Crippen LogP) is -0.522. The van der Waals surface area contributed by atoms with Crippen molar-refractivity contribution in [2.75, 3.05) is 4.43 Å². The molecule has 1 aliphatic rings. The van der Waals surface area contributed by atoms with Gasteiger partial charge in [-0.15, -0.1) is 0 Å². The lowest BCUT2D eigenvalue weighted by Gasteiger charge is -2.09. The van der Waals surface area contributed by atoms with E-state index in [4.69, 9.17) is 9.84 Å². The SMILES string of the molecule is B[C@@H]1O[C@H](CI)[C@H](O)C1F. The molecule has 1 aliphatic heterocycles. The van der Waals surface area contributed by atoms with E-state index in [0.717, 1.165) is 0 Å². The number of hydrogen-bond acceptors (Lipinski definition) is 2. The van der Waals surface area contributed by atoms with Crippen molar-refractivity contribution in [1.82, 2.24) is 0 Å². The molecule has 58 valence electrons. The summed E-state index contributed by atoms with van der Waals surface area (Å²) in [5.74, 6) is 0. The molecule has 1 N–H and O–H groups in total. The zero-order chi connectivity index (χ0) is 7.72. The molecule has 1 rings (SSSR count). The number of ether oxygens (including phenoxy) is 1. The van der Waals surface area contributed by atoms with Crippen LogP contribution in [0.25, 0.3) is 0 Å². The second kappa shape index (κ2) is 3.36. The number of halogens is 2. The van der Waals surface area contributed by atoms with Crippen LogP contribution in [0.5, 0.6) is 0 Å². The standard InChI is InChI=1S/C5H9BFIO2/c6-5-3(7)4(9)2(1-8)10-5/h2-5,9H,1,6H2/t2-,3?,4+,5-/m1/s1. The second-order valence-electron chi connectivity index (χ2n) is 2.47. The Morgan fingerprint density at radius 1 is 1.70 bits per heavy atom. The Hall–Kier alpha value is 0.645. The van der Waals surface area contributed by atoms with E-state index in [1.807, 2.05) is 0 Å². The van der Waals surface area contributed by atoms with Crippen LogP contribution in [0.2, 0.25) is 0 Å². The Morgan fingerprint density at radius 2 is 2.30 bits per heavy atom. The topological polar surface area (TPSA) is 29.5 Å². The zero-order valence-electron chi connectivity index (χ0n) is 5.63. The molecule has 4 atom stereocenters. The van der Waals surface area contributed by atoms with Crippen molar-refractivity contribution in [2.45, 2.75) is 24.4 Å². The summed E-state index contributed by atoms with van der Waals surface area (Å²) in [6.07, 6.45) is -2.45. The van der Waals surface area contributed by atoms with Gasteiger partial charge in [0.25, 0.3) is 0 Å². The van der Waals surface area contributed by atoms with Crippen LogP contribution in [0, 0.1) is 0 Å². The van der Waals surface area contributed by atoms with Crippen LogP contribution >= 0.6 is 22.6 Å². The maximum Gasteiger partial charge on any atom is 0.147 e. The fourth-order valence-electron chi connectivity index (χ4n) is 1.04. The molecule has 0 aliphatic carbocycles. The quantitative estimate of drug-likeness (QED) is 0.389. The molecule has 2 nitrogen and oxygen atoms in total. The average molecular weight is 258 g/mol. The summed E-state index contributed by atoms with van der Waals surface area (Å²) in [6, 6.07) is -0.449. The van der Waals surface area contributed by atoms with Gasteiger partial charge in [0.05, 0.1) is 12.1 Å². The first-order chi connectivity index (χ1) is 4.66. The molecule has 0 spiro atoms. The fourth-order valence-corrected chi connectivity index (χ4v) is 1.77. The highest BCUT2D eigenvalue weighted by Gasteiger charge is 2.40. The van der Waals surface area contributed by atoms with Crippen molar-refractivity contribution in [2.24, 2.45) is 0 Å². The zero-order valence-corrected chi connectivity index (χ0v) is 7.79. The molecule has 5 heteroatoms. The molecule has 1 unspecified atom stereocenters. The Balaban J connectivity index is 2.53. The molecule has 10 heavy (non-hydrogen) atoms. The van der Waals surface area contributed by atoms with Crippen LogP contribution in [0.1, 0.15) is 0 Å². The van der Waals surface area contributed by atoms with Gasteiger partial charge in [-0.3, -0.25) is 0 Å². The number of aliphatic hydroxyl groups excluding tert-OH is 1. The minimum absolute atomic E-state index is 0.314. The van der Waals surface area contributed by atoms with Gasteiger partial charge in [0.15, 0.2) is 0 Å². The first-order valence-corrected chi connectivity index (χ1v) is 4.73. The average Bonchev–Trinajstić information content (AvgIpc) is 2.17. The lowest BCUT2D eigenvalue weighted by Crippen LogP contribution is -2.29. The summed E-state index contributed by atoms with van der Waals surface area (Å²) in [7, 11) is 1.64. The van der Waals surface area contributed by atoms with Crippen LogP contribution in [-0.2, 0) is 4.74 Å². The summed E-state index contributed by atoms with van der Waals surface area (Å²) >= 11 is 2.07. The van der Waals surface area contributed by atoms with Crippen molar-refractivity contribution in [1.29, 1.82) is 0 Å². The van der Waals surface area contributed by atoms with Gasteiger partial charge in [-0.1, -0.05) is 22.6 Å². The maximum atomic E-state index is 12.8. The Morgan fingerprint density at radius 3 is 2.50 bits per heavy atom. The largest absolute Gasteiger partial charge is 0.387 e. The van der Waals surface area contributed by atoms with Crippen LogP contribution in [0.3, 0.4) is 0 Å². The molecular weight excluding hydrogens is 249 g/mol. The minimum atomic E-state index is -1.21. The smallest absolute Gasteiger partial charge is 0.147 e. The lowest BCUT2D eigenvalue weighted by atomic mass is 9.94. The van der Waals surface area contributed by atoms with Gasteiger partial charge in [-0.05, 0) is 0 Å². The molecule has 0 aromatic carbocycles. The molecule has 1 fully saturated rings. The normalized spacial score (nSPS) is 47.9. The monoisotopic (exact) mass is 258 g/mol. The van der Waals surface area contributed by atoms with Crippen LogP contribution in [0.15, 0.2) is 0 Å². The molecule has 1 saturated heterocycles. The molecule has 0 bridgehead atoms. The van der Waals surface area contributed by atoms with Gasteiger partial charge in [0, 0.05) is 4.43 Å². The summed E-state index contributed by atoms with van der Waals surface area (Å²) in [6.45, 7) is 0. The second-order valence-corrected chi connectivity index (χ2v) is 3.35. The van der Waals surface area contributed by atoms with Crippen LogP contribution in [-0.4, -0.2) is 41.8 Å². The molecule has 0 radical (unpaired) electrons. The highest BCUT2D eigenvalue weighted by atomic mass is 127. The highest BCUT2D eigenvalue weighted by molar-refractivity contribution is 14.1. The van der Waals surface area contributed by atoms with Gasteiger partial charge < -0.3 is 9.84 Å². The third-order valence-corrected chi connectivity index (χ3v) is 2.57. The predicted molar refractivity (Wildman–Crippen MR) is 47.0 cm³/mol. The van der Waals surface area contributed by atoms with Gasteiger partial charge in [0.1, 0.15) is 20.1 Å². The summed E-state index contributed by atoms with van der Waals surface area (Å²) in [5, 5.41) is 9.12. The van der Waals surface area contributed by atoms with Gasteiger partial charge in [-0.25, -0.2) is 4.39 Å². The van der Waals surface area contributed by atoms with E-state index in [1.54, 1.807) is 7.85 Å². The van der Waals surface area contributed by atoms with Gasteiger partial charge >= 0.3 is 0 Å². The third-order valence-electron chi connectivity index (χ3n) is 1.70. The Bertz CT molecular complexity index is 126. The molecule has 0 saturated carbocycles. The van der Waals surface area contributed by atoms with Gasteiger partial charge in [-0.2, -0.15) is 0 Å². The lowest BCUT2D eigenvalue weighted by molar-refractivity contribution is 0.0480. The van der Waals surface area contributed by atoms with E-state index in [9.17, 15) is 4.39 Å². The van der Waals surface area contributed by atoms with E-state index in [2.05, 4.69) is 22.6 Å². The Labute approximate surface area is 73.7 Å². The van der Waals surface area contributed by atoms with Crippen LogP contribution in [0.4, 0.5) is 4.39 Å². The molecular formula is C5H9BFIO2. The highest BCUT2D eigenvalue weighted by Crippen LogP contribution is 2.23. The summed E-state index contributed by atoms with van der Waals surface area (Å²) in [4.78, 5) is 0. The number of alkyl halides is 2. The van der Waals surface area contributed by atoms with E-state index in [-0.39, 0.29) is 6.10 Å². The number of aliphatic hydroxyl groups is 1. The Kier molecular flexibility index (Phi) is 2.94. The summed E-state index contributed by atoms with van der Waals surface area (Å²) < 4.78 is 18.5. The van der Waals surface area contributed by atoms with Gasteiger partial charge in [0.2, 0.25) is 0 Å². The molecule has 0 amide bonds. The van der Waals surface area contributed by atoms with Crippen molar-refractivity contribution < 1.29 is 14.2 Å². The number of hydrogen-bond donors (Lipinski definition) is 1. The van der Waals surface area contributed by atoms with E-state index < -0.39 is 18.3 Å². The van der Waals surface area contributed by atoms with E-state index in [1.165, 1.54) is 0 Å². The van der Waals surface area contributed by atoms with E-state index in [0.29, 0.717) is 4.43 Å². The van der Waals surface area contributed by atoms with Crippen molar-refractivity contribution in [3.8, 4) is 0 Å². The fraction of sp³-hybridized carbons (Fsp3) is 1.00. The first kappa shape index (κ1) is 8.74. The van der Waals surface area contributed by atoms with Crippen molar-refractivity contribution in [3.05, 3.63) is 0 Å². The van der Waals surface area contributed by atoms with Crippen molar-refractivity contribution in [3.63, 3.8) is 0 Å². The molecule has 0 aromatic rings. The third kappa shape index (κ3) is 1.45. The van der Waals surface area contributed by atoms with Crippen molar-refractivity contribution >= 4 is 30.4 Å². The first-order valence-electron chi connectivity index (χ1n) is 3.20. The minimum Gasteiger partial charge on any atom is -0.387 e. The summed E-state index contributed by atoms with van der Waals surface area (Å²) in [5.41, 5.74) is 0. The van der Waals surface area contributed by atoms with E-state index >= 15 is 0 Å².